The van der Waals surface area contributed by atoms with E-state index in [9.17, 15) is 0 Å². The van der Waals surface area contributed by atoms with Gasteiger partial charge in [-0.2, -0.15) is 5.10 Å². The van der Waals surface area contributed by atoms with E-state index in [1.54, 1.807) is 23.7 Å². The number of halogens is 1. The molecule has 0 aliphatic heterocycles. The summed E-state index contributed by atoms with van der Waals surface area (Å²) in [4.78, 5) is 7.57. The van der Waals surface area contributed by atoms with Crippen molar-refractivity contribution in [3.63, 3.8) is 0 Å². The van der Waals surface area contributed by atoms with Crippen molar-refractivity contribution in [3.8, 4) is 11.4 Å². The van der Waals surface area contributed by atoms with Gasteiger partial charge in [-0.25, -0.2) is 4.68 Å². The highest BCUT2D eigenvalue weighted by molar-refractivity contribution is 7.71. The minimum atomic E-state index is 0.643. The van der Waals surface area contributed by atoms with E-state index in [1.165, 1.54) is 4.88 Å². The maximum atomic E-state index is 6.02. The topological polar surface area (TPSA) is 38.9 Å². The SMILES string of the molecule is CCN(Cc1ccc(Cl)s1)Cn1nc(-c2ccncc2)n(C)c1=S. The van der Waals surface area contributed by atoms with E-state index in [-0.39, 0.29) is 0 Å². The van der Waals surface area contributed by atoms with Gasteiger partial charge >= 0.3 is 0 Å². The molecule has 8 heteroatoms. The summed E-state index contributed by atoms with van der Waals surface area (Å²) < 4.78 is 5.31. The number of hydrogen-bond donors (Lipinski definition) is 0. The van der Waals surface area contributed by atoms with Gasteiger partial charge < -0.3 is 4.57 Å². The lowest BCUT2D eigenvalue weighted by Gasteiger charge is -2.19. The lowest BCUT2D eigenvalue weighted by Crippen LogP contribution is -2.26. The second-order valence-electron chi connectivity index (χ2n) is 5.39. The van der Waals surface area contributed by atoms with E-state index >= 15 is 0 Å². The molecule has 0 radical (unpaired) electrons. The van der Waals surface area contributed by atoms with Crippen molar-refractivity contribution in [2.45, 2.75) is 20.1 Å². The number of pyridine rings is 1. The van der Waals surface area contributed by atoms with Crippen LogP contribution in [-0.2, 0) is 20.3 Å². The average molecular weight is 380 g/mol. The van der Waals surface area contributed by atoms with E-state index in [4.69, 9.17) is 28.9 Å². The number of hydrogen-bond acceptors (Lipinski definition) is 5. The van der Waals surface area contributed by atoms with Gasteiger partial charge in [0.15, 0.2) is 10.6 Å². The van der Waals surface area contributed by atoms with E-state index in [2.05, 4.69) is 22.9 Å². The molecule has 3 rings (SSSR count). The van der Waals surface area contributed by atoms with Crippen LogP contribution in [0.15, 0.2) is 36.7 Å². The van der Waals surface area contributed by atoms with Crippen molar-refractivity contribution in [2.75, 3.05) is 6.54 Å². The van der Waals surface area contributed by atoms with E-state index in [0.717, 1.165) is 28.8 Å². The Balaban J connectivity index is 1.83. The molecule has 0 aliphatic rings. The molecule has 0 aromatic carbocycles. The predicted octanol–water partition coefficient (Wildman–Crippen LogP) is 4.21. The Bertz CT molecular complexity index is 868. The van der Waals surface area contributed by atoms with E-state index in [1.807, 2.05) is 34.5 Å². The lowest BCUT2D eigenvalue weighted by molar-refractivity contribution is 0.209. The van der Waals surface area contributed by atoms with Gasteiger partial charge in [-0.15, -0.1) is 11.3 Å². The molecule has 3 aromatic heterocycles. The minimum Gasteiger partial charge on any atom is -0.303 e. The molecule has 24 heavy (non-hydrogen) atoms. The number of rotatable bonds is 6. The molecule has 3 heterocycles. The minimum absolute atomic E-state index is 0.643. The Kier molecular flexibility index (Phi) is 5.45. The molecule has 0 fully saturated rings. The summed E-state index contributed by atoms with van der Waals surface area (Å²) in [6.07, 6.45) is 3.52. The highest BCUT2D eigenvalue weighted by atomic mass is 35.5. The van der Waals surface area contributed by atoms with Gasteiger partial charge in [0.1, 0.15) is 0 Å². The molecule has 0 aliphatic carbocycles. The van der Waals surface area contributed by atoms with Crippen LogP contribution in [0.3, 0.4) is 0 Å². The first-order valence-electron chi connectivity index (χ1n) is 7.59. The van der Waals surface area contributed by atoms with Crippen LogP contribution in [-0.4, -0.2) is 30.8 Å². The fourth-order valence-corrected chi connectivity index (χ4v) is 3.76. The first-order valence-corrected chi connectivity index (χ1v) is 9.19. The summed E-state index contributed by atoms with van der Waals surface area (Å²) in [6, 6.07) is 7.87. The van der Waals surface area contributed by atoms with Crippen molar-refractivity contribution in [3.05, 3.63) is 50.6 Å². The molecule has 0 spiro atoms. The third-order valence-corrected chi connectivity index (χ3v) is 5.47. The highest BCUT2D eigenvalue weighted by Gasteiger charge is 2.13. The van der Waals surface area contributed by atoms with Crippen molar-refractivity contribution < 1.29 is 0 Å². The normalized spacial score (nSPS) is 11.3. The maximum Gasteiger partial charge on any atom is 0.199 e. The molecular formula is C16H18ClN5S2. The van der Waals surface area contributed by atoms with Crippen molar-refractivity contribution >= 4 is 35.2 Å². The molecule has 0 amide bonds. The maximum absolute atomic E-state index is 6.02. The van der Waals surface area contributed by atoms with E-state index < -0.39 is 0 Å². The van der Waals surface area contributed by atoms with Gasteiger partial charge in [-0.05, 0) is 43.0 Å². The zero-order valence-electron chi connectivity index (χ0n) is 13.5. The molecule has 0 unspecified atom stereocenters. The van der Waals surface area contributed by atoms with Crippen LogP contribution in [0, 0.1) is 4.77 Å². The lowest BCUT2D eigenvalue weighted by atomic mass is 10.2. The number of aromatic nitrogens is 4. The molecule has 0 bridgehead atoms. The van der Waals surface area contributed by atoms with Gasteiger partial charge in [0, 0.05) is 36.4 Å². The second kappa shape index (κ2) is 7.57. The van der Waals surface area contributed by atoms with E-state index in [0.29, 0.717) is 11.4 Å². The van der Waals surface area contributed by atoms with Crippen LogP contribution >= 0.6 is 35.2 Å². The van der Waals surface area contributed by atoms with Gasteiger partial charge in [0.2, 0.25) is 0 Å². The molecule has 0 saturated carbocycles. The van der Waals surface area contributed by atoms with Crippen molar-refractivity contribution in [1.29, 1.82) is 0 Å². The highest BCUT2D eigenvalue weighted by Crippen LogP contribution is 2.23. The molecule has 0 N–H and O–H groups in total. The largest absolute Gasteiger partial charge is 0.303 e. The fourth-order valence-electron chi connectivity index (χ4n) is 2.44. The van der Waals surface area contributed by atoms with Crippen LogP contribution in [0.25, 0.3) is 11.4 Å². The summed E-state index contributed by atoms with van der Waals surface area (Å²) >= 11 is 13.2. The Morgan fingerprint density at radius 2 is 2.00 bits per heavy atom. The van der Waals surface area contributed by atoms with Crippen LogP contribution in [0.4, 0.5) is 0 Å². The number of thiophene rings is 1. The Hall–Kier alpha value is -1.54. The quantitative estimate of drug-likeness (QED) is 0.601. The third-order valence-electron chi connectivity index (χ3n) is 3.77. The molecule has 0 saturated heterocycles. The Morgan fingerprint density at radius 1 is 1.25 bits per heavy atom. The van der Waals surface area contributed by atoms with Crippen LogP contribution < -0.4 is 0 Å². The first-order chi connectivity index (χ1) is 11.6. The van der Waals surface area contributed by atoms with Crippen LogP contribution in [0.5, 0.6) is 0 Å². The Labute approximate surface area is 155 Å². The van der Waals surface area contributed by atoms with Gasteiger partial charge in [-0.1, -0.05) is 18.5 Å². The monoisotopic (exact) mass is 379 g/mol. The van der Waals surface area contributed by atoms with Gasteiger partial charge in [0.25, 0.3) is 0 Å². The summed E-state index contributed by atoms with van der Waals surface area (Å²) in [5.74, 6) is 0.845. The molecule has 3 aromatic rings. The van der Waals surface area contributed by atoms with Gasteiger partial charge in [-0.3, -0.25) is 9.88 Å². The average Bonchev–Trinajstić information content (AvgIpc) is 3.13. The smallest absolute Gasteiger partial charge is 0.199 e. The van der Waals surface area contributed by atoms with Gasteiger partial charge in [0.05, 0.1) is 11.0 Å². The zero-order valence-corrected chi connectivity index (χ0v) is 15.9. The number of nitrogens with zero attached hydrogens (tertiary/aromatic N) is 5. The van der Waals surface area contributed by atoms with Crippen LogP contribution in [0.2, 0.25) is 4.34 Å². The summed E-state index contributed by atoms with van der Waals surface area (Å²) in [5.41, 5.74) is 1.01. The predicted molar refractivity (Wildman–Crippen MR) is 101 cm³/mol. The molecule has 0 atom stereocenters. The summed E-state index contributed by atoms with van der Waals surface area (Å²) in [7, 11) is 1.94. The Morgan fingerprint density at radius 3 is 2.62 bits per heavy atom. The molecule has 126 valence electrons. The standard InChI is InChI=1S/C16H18ClN5S2/c1-3-21(10-13-4-5-14(17)24-13)11-22-16(23)20(2)15(19-22)12-6-8-18-9-7-12/h4-9H,3,10-11H2,1-2H3. The summed E-state index contributed by atoms with van der Waals surface area (Å²) in [6.45, 7) is 4.50. The fraction of sp³-hybridized carbons (Fsp3) is 0.312. The van der Waals surface area contributed by atoms with Crippen LogP contribution in [0.1, 0.15) is 11.8 Å². The van der Waals surface area contributed by atoms with Crippen molar-refractivity contribution in [2.24, 2.45) is 7.05 Å². The summed E-state index contributed by atoms with van der Waals surface area (Å²) in [5, 5.41) is 4.70. The third kappa shape index (κ3) is 3.75. The second-order valence-corrected chi connectivity index (χ2v) is 7.56. The molecule has 5 nitrogen and oxygen atoms in total. The van der Waals surface area contributed by atoms with Crippen molar-refractivity contribution in [1.82, 2.24) is 24.2 Å². The first kappa shape index (κ1) is 17.3. The molecular weight excluding hydrogens is 362 g/mol. The zero-order chi connectivity index (χ0) is 17.1.